The maximum Gasteiger partial charge on any atom is 0.358 e. The maximum atomic E-state index is 10.7. The minimum atomic E-state index is -1.54. The number of hydrogen-bond acceptors (Lipinski definition) is 5. The van der Waals surface area contributed by atoms with Crippen molar-refractivity contribution in [2.24, 2.45) is 0 Å². The lowest BCUT2D eigenvalue weighted by Gasteiger charge is -2.20. The first-order chi connectivity index (χ1) is 8.82. The van der Waals surface area contributed by atoms with Crippen LogP contribution in [0.4, 0.5) is 0 Å². The van der Waals surface area contributed by atoms with Crippen LogP contribution in [0, 0.1) is 6.92 Å². The van der Waals surface area contributed by atoms with Gasteiger partial charge >= 0.3 is 5.97 Å². The summed E-state index contributed by atoms with van der Waals surface area (Å²) in [6, 6.07) is 2.82. The van der Waals surface area contributed by atoms with Gasteiger partial charge in [-0.3, -0.25) is 0 Å². The van der Waals surface area contributed by atoms with Crippen molar-refractivity contribution in [2.75, 3.05) is 0 Å². The van der Waals surface area contributed by atoms with Gasteiger partial charge in [-0.25, -0.2) is 9.78 Å². The van der Waals surface area contributed by atoms with E-state index < -0.39 is 11.6 Å². The summed E-state index contributed by atoms with van der Waals surface area (Å²) in [5.41, 5.74) is -0.683. The van der Waals surface area contributed by atoms with E-state index in [9.17, 15) is 9.90 Å². The van der Waals surface area contributed by atoms with E-state index in [1.807, 2.05) is 0 Å². The van der Waals surface area contributed by atoms with E-state index in [-0.39, 0.29) is 11.5 Å². The van der Waals surface area contributed by atoms with Gasteiger partial charge in [-0.15, -0.1) is 0 Å². The number of hydrogen-bond donors (Lipinski definition) is 2. The highest BCUT2D eigenvalue weighted by Gasteiger charge is 2.32. The fraction of sp³-hybridized carbons (Fsp3) is 0.250. The third-order valence-electron chi connectivity index (χ3n) is 2.79. The fourth-order valence-electron chi connectivity index (χ4n) is 1.57. The topological polar surface area (TPSA) is 96.5 Å². The van der Waals surface area contributed by atoms with Crippen LogP contribution in [0.3, 0.4) is 0 Å². The van der Waals surface area contributed by atoms with E-state index in [1.165, 1.54) is 19.2 Å². The molecule has 19 heavy (non-hydrogen) atoms. The van der Waals surface area contributed by atoms with E-state index >= 15 is 0 Å². The molecular formula is C12H11ClN2O4. The number of aromatic carboxylic acids is 1. The van der Waals surface area contributed by atoms with E-state index in [0.717, 1.165) is 0 Å². The first-order valence-corrected chi connectivity index (χ1v) is 5.75. The normalized spacial score (nSPS) is 14.1. The van der Waals surface area contributed by atoms with Gasteiger partial charge in [0.15, 0.2) is 11.5 Å². The summed E-state index contributed by atoms with van der Waals surface area (Å²) in [5, 5.41) is 22.9. The average Bonchev–Trinajstić information content (AvgIpc) is 2.82. The van der Waals surface area contributed by atoms with E-state index in [1.54, 1.807) is 13.0 Å². The number of carboxylic acid groups (broad SMARTS) is 1. The first kappa shape index (κ1) is 13.5. The molecule has 1 unspecified atom stereocenters. The van der Waals surface area contributed by atoms with Crippen LogP contribution in [0.25, 0.3) is 0 Å². The quantitative estimate of drug-likeness (QED) is 0.836. The van der Waals surface area contributed by atoms with Gasteiger partial charge in [-0.2, -0.15) is 0 Å². The Hall–Kier alpha value is -1.92. The number of aromatic nitrogens is 2. The lowest BCUT2D eigenvalue weighted by molar-refractivity contribution is 0.0656. The number of rotatable bonds is 3. The molecule has 2 heterocycles. The van der Waals surface area contributed by atoms with Crippen LogP contribution in [-0.4, -0.2) is 26.3 Å². The monoisotopic (exact) mass is 282 g/mol. The Morgan fingerprint density at radius 1 is 1.47 bits per heavy atom. The van der Waals surface area contributed by atoms with E-state index in [0.29, 0.717) is 16.3 Å². The van der Waals surface area contributed by atoms with Crippen molar-refractivity contribution >= 4 is 17.6 Å². The zero-order chi connectivity index (χ0) is 14.2. The smallest absolute Gasteiger partial charge is 0.358 e. The predicted molar refractivity (Wildman–Crippen MR) is 66.1 cm³/mol. The van der Waals surface area contributed by atoms with Gasteiger partial charge in [0.05, 0.1) is 0 Å². The second-order valence-electron chi connectivity index (χ2n) is 4.29. The van der Waals surface area contributed by atoms with Gasteiger partial charge in [0, 0.05) is 17.8 Å². The van der Waals surface area contributed by atoms with Gasteiger partial charge in [0.1, 0.15) is 10.8 Å². The van der Waals surface area contributed by atoms with Crippen molar-refractivity contribution in [1.29, 1.82) is 0 Å². The van der Waals surface area contributed by atoms with Crippen LogP contribution in [0.2, 0.25) is 5.15 Å². The second-order valence-corrected chi connectivity index (χ2v) is 4.64. The van der Waals surface area contributed by atoms with Gasteiger partial charge in [-0.05, 0) is 25.5 Å². The van der Waals surface area contributed by atoms with Crippen LogP contribution >= 0.6 is 11.6 Å². The minimum Gasteiger partial charge on any atom is -0.476 e. The Balaban J connectivity index is 2.45. The number of carboxylic acids is 1. The van der Waals surface area contributed by atoms with Crippen molar-refractivity contribution in [2.45, 2.75) is 19.4 Å². The van der Waals surface area contributed by atoms with E-state index in [2.05, 4.69) is 10.1 Å². The molecule has 0 amide bonds. The molecule has 0 saturated carbocycles. The third-order valence-corrected chi connectivity index (χ3v) is 3.18. The van der Waals surface area contributed by atoms with Crippen molar-refractivity contribution in [3.05, 3.63) is 46.1 Å². The molecule has 0 spiro atoms. The Morgan fingerprint density at radius 3 is 2.68 bits per heavy atom. The van der Waals surface area contributed by atoms with Gasteiger partial charge < -0.3 is 14.7 Å². The number of carbonyl (C=O) groups is 1. The largest absolute Gasteiger partial charge is 0.476 e. The molecule has 2 aromatic rings. The SMILES string of the molecule is Cc1cc(C(C)(O)c2cc(C(=O)O)no2)cnc1Cl. The molecule has 0 saturated heterocycles. The van der Waals surface area contributed by atoms with Crippen molar-refractivity contribution < 1.29 is 19.5 Å². The molecule has 100 valence electrons. The lowest BCUT2D eigenvalue weighted by atomic mass is 9.94. The molecule has 0 bridgehead atoms. The molecule has 0 aromatic carbocycles. The number of halogens is 1. The van der Waals surface area contributed by atoms with Crippen LogP contribution in [0.15, 0.2) is 22.9 Å². The molecule has 0 fully saturated rings. The fourth-order valence-corrected chi connectivity index (χ4v) is 1.68. The molecule has 6 nitrogen and oxygen atoms in total. The summed E-state index contributed by atoms with van der Waals surface area (Å²) in [5.74, 6) is -1.20. The number of aryl methyl sites for hydroxylation is 1. The predicted octanol–water partition coefficient (Wildman–Crippen LogP) is 1.99. The highest BCUT2D eigenvalue weighted by atomic mass is 35.5. The molecule has 0 aliphatic carbocycles. The highest BCUT2D eigenvalue weighted by Crippen LogP contribution is 2.30. The number of nitrogens with zero attached hydrogens (tertiary/aromatic N) is 2. The second kappa shape index (κ2) is 4.64. The summed E-state index contributed by atoms with van der Waals surface area (Å²) >= 11 is 5.82. The maximum absolute atomic E-state index is 10.7. The summed E-state index contributed by atoms with van der Waals surface area (Å²) in [6.45, 7) is 3.21. The Bertz CT molecular complexity index is 636. The Labute approximate surface area is 113 Å². The minimum absolute atomic E-state index is 0.0217. The third kappa shape index (κ3) is 2.45. The lowest BCUT2D eigenvalue weighted by Crippen LogP contribution is -2.22. The highest BCUT2D eigenvalue weighted by molar-refractivity contribution is 6.30. The van der Waals surface area contributed by atoms with E-state index in [4.69, 9.17) is 21.2 Å². The van der Waals surface area contributed by atoms with Crippen LogP contribution < -0.4 is 0 Å². The standard InChI is InChI=1S/C12H11ClN2O4/c1-6-3-7(5-14-10(6)13)12(2,18)9-4-8(11(16)17)15-19-9/h3-5,18H,1-2H3,(H,16,17). The summed E-state index contributed by atoms with van der Waals surface area (Å²) in [4.78, 5) is 14.7. The Kier molecular flexibility index (Phi) is 3.30. The summed E-state index contributed by atoms with van der Waals surface area (Å²) in [6.07, 6.45) is 1.40. The van der Waals surface area contributed by atoms with Crippen LogP contribution in [-0.2, 0) is 5.60 Å². The van der Waals surface area contributed by atoms with Gasteiger partial charge in [0.2, 0.25) is 0 Å². The summed E-state index contributed by atoms with van der Waals surface area (Å²) in [7, 11) is 0. The molecule has 1 atom stereocenters. The molecule has 0 aliphatic heterocycles. The van der Waals surface area contributed by atoms with Gasteiger partial charge in [0.25, 0.3) is 0 Å². The molecule has 2 aromatic heterocycles. The first-order valence-electron chi connectivity index (χ1n) is 5.38. The summed E-state index contributed by atoms with van der Waals surface area (Å²) < 4.78 is 4.87. The molecule has 7 heteroatoms. The molecule has 0 radical (unpaired) electrons. The molecule has 0 aliphatic rings. The van der Waals surface area contributed by atoms with Crippen LogP contribution in [0.5, 0.6) is 0 Å². The average molecular weight is 283 g/mol. The van der Waals surface area contributed by atoms with Gasteiger partial charge in [-0.1, -0.05) is 16.8 Å². The van der Waals surface area contributed by atoms with Crippen LogP contribution in [0.1, 0.15) is 34.3 Å². The molecule has 2 N–H and O–H groups in total. The number of aliphatic hydroxyl groups is 1. The Morgan fingerprint density at radius 2 is 2.16 bits per heavy atom. The van der Waals surface area contributed by atoms with Crippen molar-refractivity contribution in [3.63, 3.8) is 0 Å². The van der Waals surface area contributed by atoms with Crippen molar-refractivity contribution in [3.8, 4) is 0 Å². The molecule has 2 rings (SSSR count). The van der Waals surface area contributed by atoms with Crippen molar-refractivity contribution in [1.82, 2.24) is 10.1 Å². The zero-order valence-electron chi connectivity index (χ0n) is 10.2. The zero-order valence-corrected chi connectivity index (χ0v) is 11.0. The number of pyridine rings is 1. The molecular weight excluding hydrogens is 272 g/mol.